The van der Waals surface area contributed by atoms with Crippen molar-refractivity contribution in [2.45, 2.75) is 39.9 Å². The fourth-order valence-electron chi connectivity index (χ4n) is 1.22. The van der Waals surface area contributed by atoms with Gasteiger partial charge in [0.15, 0.2) is 0 Å². The second kappa shape index (κ2) is 5.14. The lowest BCUT2D eigenvalue weighted by atomic mass is 10.2. The highest BCUT2D eigenvalue weighted by Gasteiger charge is 2.16. The molecule has 5 heteroatoms. The Morgan fingerprint density at radius 1 is 1.59 bits per heavy atom. The molecule has 93 valence electrons. The number of hydrogen-bond donors (Lipinski definition) is 2. The summed E-state index contributed by atoms with van der Waals surface area (Å²) >= 11 is 0. The van der Waals surface area contributed by atoms with Crippen molar-refractivity contribution in [3.63, 3.8) is 0 Å². The third-order valence-electron chi connectivity index (χ3n) is 1.73. The van der Waals surface area contributed by atoms with Gasteiger partial charge in [-0.15, -0.1) is 0 Å². The molecule has 1 radical (unpaired) electrons. The van der Waals surface area contributed by atoms with Gasteiger partial charge in [-0.25, -0.2) is 9.78 Å². The van der Waals surface area contributed by atoms with E-state index in [1.807, 2.05) is 0 Å². The van der Waals surface area contributed by atoms with Gasteiger partial charge in [-0.1, -0.05) is 0 Å². The zero-order valence-electron chi connectivity index (χ0n) is 10.5. The predicted molar refractivity (Wildman–Crippen MR) is 63.6 cm³/mol. The highest BCUT2D eigenvalue weighted by atomic mass is 16.6. The number of aliphatic hydroxyl groups excluding tert-OH is 1. The van der Waals surface area contributed by atoms with Crippen LogP contribution in [0.25, 0.3) is 0 Å². The lowest BCUT2D eigenvalue weighted by molar-refractivity contribution is 0.0635. The molecule has 0 bridgehead atoms. The van der Waals surface area contributed by atoms with Gasteiger partial charge in [0.05, 0.1) is 12.3 Å². The van der Waals surface area contributed by atoms with Crippen molar-refractivity contribution < 1.29 is 14.6 Å². The maximum atomic E-state index is 11.5. The van der Waals surface area contributed by atoms with E-state index in [9.17, 15) is 4.79 Å². The maximum absolute atomic E-state index is 11.5. The number of pyridine rings is 1. The summed E-state index contributed by atoms with van der Waals surface area (Å²) in [4.78, 5) is 15.5. The zero-order chi connectivity index (χ0) is 13.1. The molecular formula is C12H17N2O3. The number of nitrogens with zero attached hydrogens (tertiary/aromatic N) is 1. The summed E-state index contributed by atoms with van der Waals surface area (Å²) in [6.07, 6.45) is -0.570. The van der Waals surface area contributed by atoms with Gasteiger partial charge in [0, 0.05) is 6.07 Å². The second-order valence-electron chi connectivity index (χ2n) is 4.68. The minimum absolute atomic E-state index is 0.218. The third kappa shape index (κ3) is 4.82. The average Bonchev–Trinajstić information content (AvgIpc) is 2.13. The maximum Gasteiger partial charge on any atom is 0.413 e. The Morgan fingerprint density at radius 2 is 2.24 bits per heavy atom. The topological polar surface area (TPSA) is 71.5 Å². The molecule has 0 aromatic carbocycles. The first-order valence-electron chi connectivity index (χ1n) is 5.31. The highest BCUT2D eigenvalue weighted by molar-refractivity contribution is 5.83. The largest absolute Gasteiger partial charge is 0.444 e. The number of aromatic nitrogens is 1. The van der Waals surface area contributed by atoms with Crippen LogP contribution in [0, 0.1) is 13.0 Å². The molecule has 0 aliphatic rings. The van der Waals surface area contributed by atoms with Gasteiger partial charge in [0.2, 0.25) is 0 Å². The van der Waals surface area contributed by atoms with Crippen molar-refractivity contribution in [2.24, 2.45) is 0 Å². The van der Waals surface area contributed by atoms with E-state index in [1.165, 1.54) is 0 Å². The van der Waals surface area contributed by atoms with E-state index >= 15 is 0 Å². The molecule has 1 rings (SSSR count). The van der Waals surface area contributed by atoms with Crippen LogP contribution in [-0.2, 0) is 11.3 Å². The van der Waals surface area contributed by atoms with Crippen molar-refractivity contribution in [1.82, 2.24) is 4.98 Å². The standard InChI is InChI=1S/C12H17N2O3/c1-8-5-9(7-15)13-10(6-8)14-11(16)17-12(2,3)4/h6,15H,7H2,1-4H3,(H,13,14,16). The molecule has 0 aliphatic heterocycles. The Bertz CT molecular complexity index is 411. The quantitative estimate of drug-likeness (QED) is 0.825. The summed E-state index contributed by atoms with van der Waals surface area (Å²) in [5, 5.41) is 11.5. The second-order valence-corrected chi connectivity index (χ2v) is 4.68. The first kappa shape index (κ1) is 13.4. The van der Waals surface area contributed by atoms with Gasteiger partial charge in [-0.05, 0) is 39.3 Å². The summed E-state index contributed by atoms with van der Waals surface area (Å²) < 4.78 is 5.09. The minimum Gasteiger partial charge on any atom is -0.444 e. The van der Waals surface area contributed by atoms with Crippen LogP contribution in [0.5, 0.6) is 0 Å². The first-order chi connectivity index (χ1) is 7.80. The van der Waals surface area contributed by atoms with Gasteiger partial charge >= 0.3 is 6.09 Å². The molecule has 0 aliphatic carbocycles. The average molecular weight is 237 g/mol. The van der Waals surface area contributed by atoms with Gasteiger partial charge in [0.25, 0.3) is 0 Å². The van der Waals surface area contributed by atoms with Gasteiger partial charge < -0.3 is 9.84 Å². The van der Waals surface area contributed by atoms with E-state index in [0.717, 1.165) is 5.56 Å². The lowest BCUT2D eigenvalue weighted by Gasteiger charge is -2.19. The number of carbonyl (C=O) groups excluding carboxylic acids is 1. The molecule has 1 heterocycles. The molecule has 1 aromatic heterocycles. The van der Waals surface area contributed by atoms with E-state index in [1.54, 1.807) is 33.8 Å². The Hall–Kier alpha value is -1.62. The number of carbonyl (C=O) groups is 1. The first-order valence-corrected chi connectivity index (χ1v) is 5.31. The number of rotatable bonds is 2. The Labute approximate surface area is 101 Å². The summed E-state index contributed by atoms with van der Waals surface area (Å²) in [5.74, 6) is 0.347. The molecule has 0 atom stereocenters. The van der Waals surface area contributed by atoms with Crippen LogP contribution in [0.15, 0.2) is 6.07 Å². The number of ether oxygens (including phenoxy) is 1. The fourth-order valence-corrected chi connectivity index (χ4v) is 1.22. The summed E-state index contributed by atoms with van der Waals surface area (Å²) in [6.45, 7) is 6.93. The third-order valence-corrected chi connectivity index (χ3v) is 1.73. The number of aryl methyl sites for hydroxylation is 1. The van der Waals surface area contributed by atoms with Gasteiger partial charge in [-0.2, -0.15) is 0 Å². The number of amides is 1. The van der Waals surface area contributed by atoms with E-state index in [-0.39, 0.29) is 6.61 Å². The smallest absolute Gasteiger partial charge is 0.413 e. The van der Waals surface area contributed by atoms with E-state index < -0.39 is 11.7 Å². The van der Waals surface area contributed by atoms with Crippen LogP contribution in [0.1, 0.15) is 32.0 Å². The normalized spacial score (nSPS) is 11.1. The molecule has 0 unspecified atom stereocenters. The Morgan fingerprint density at radius 3 is 2.76 bits per heavy atom. The predicted octanol–water partition coefficient (Wildman–Crippen LogP) is 2.03. The van der Waals surface area contributed by atoms with Crippen molar-refractivity contribution in [1.29, 1.82) is 0 Å². The fraction of sp³-hybridized carbons (Fsp3) is 0.500. The van der Waals surface area contributed by atoms with Crippen molar-refractivity contribution in [2.75, 3.05) is 5.32 Å². The van der Waals surface area contributed by atoms with E-state index in [0.29, 0.717) is 11.5 Å². The van der Waals surface area contributed by atoms with Crippen LogP contribution in [0.2, 0.25) is 0 Å². The van der Waals surface area contributed by atoms with Crippen LogP contribution >= 0.6 is 0 Å². The molecule has 17 heavy (non-hydrogen) atoms. The zero-order valence-corrected chi connectivity index (χ0v) is 10.5. The Kier molecular flexibility index (Phi) is 4.07. The minimum atomic E-state index is -0.570. The van der Waals surface area contributed by atoms with Crippen LogP contribution < -0.4 is 5.32 Å². The van der Waals surface area contributed by atoms with Crippen molar-refractivity contribution in [3.8, 4) is 0 Å². The SMILES string of the molecule is Cc1[c]c(CO)nc(NC(=O)OC(C)(C)C)c1. The monoisotopic (exact) mass is 237 g/mol. The molecule has 0 spiro atoms. The van der Waals surface area contributed by atoms with Crippen LogP contribution in [-0.4, -0.2) is 21.8 Å². The van der Waals surface area contributed by atoms with E-state index in [2.05, 4.69) is 16.4 Å². The molecule has 2 N–H and O–H groups in total. The lowest BCUT2D eigenvalue weighted by Crippen LogP contribution is -2.27. The summed E-state index contributed by atoms with van der Waals surface area (Å²) in [7, 11) is 0. The summed E-state index contributed by atoms with van der Waals surface area (Å²) in [5.41, 5.74) is 0.617. The molecule has 1 amide bonds. The van der Waals surface area contributed by atoms with Crippen LogP contribution in [0.4, 0.5) is 10.6 Å². The Balaban J connectivity index is 2.74. The summed E-state index contributed by atoms with van der Waals surface area (Å²) in [6, 6.07) is 4.52. The molecule has 0 saturated heterocycles. The number of hydrogen-bond acceptors (Lipinski definition) is 4. The number of anilines is 1. The van der Waals surface area contributed by atoms with Gasteiger partial charge in [-0.3, -0.25) is 5.32 Å². The van der Waals surface area contributed by atoms with Crippen molar-refractivity contribution >= 4 is 11.9 Å². The highest BCUT2D eigenvalue weighted by Crippen LogP contribution is 2.12. The molecular weight excluding hydrogens is 220 g/mol. The van der Waals surface area contributed by atoms with Crippen molar-refractivity contribution in [3.05, 3.63) is 23.4 Å². The van der Waals surface area contributed by atoms with Gasteiger partial charge in [0.1, 0.15) is 11.4 Å². The molecule has 0 fully saturated rings. The van der Waals surface area contributed by atoms with E-state index in [4.69, 9.17) is 9.84 Å². The molecule has 0 saturated carbocycles. The molecule has 5 nitrogen and oxygen atoms in total. The van der Waals surface area contributed by atoms with Crippen LogP contribution in [0.3, 0.4) is 0 Å². The number of nitrogens with one attached hydrogen (secondary N) is 1. The molecule has 1 aromatic rings. The number of aliphatic hydroxyl groups is 1.